The zero-order chi connectivity index (χ0) is 26.2. The summed E-state index contributed by atoms with van der Waals surface area (Å²) in [7, 11) is 0. The van der Waals surface area contributed by atoms with Crippen LogP contribution in [0.4, 0.5) is 22.0 Å². The molecule has 1 aromatic carbocycles. The van der Waals surface area contributed by atoms with Gasteiger partial charge >= 0.3 is 6.03 Å². The number of thiophene rings is 1. The lowest BCUT2D eigenvalue weighted by molar-refractivity contribution is -0.127. The highest BCUT2D eigenvalue weighted by molar-refractivity contribution is 7.21. The predicted octanol–water partition coefficient (Wildman–Crippen LogP) is 4.34. The highest BCUT2D eigenvalue weighted by atomic mass is 32.1. The van der Waals surface area contributed by atoms with Gasteiger partial charge in [-0.05, 0) is 36.6 Å². The first-order chi connectivity index (χ1) is 18.5. The lowest BCUT2D eigenvalue weighted by atomic mass is 10.1. The van der Waals surface area contributed by atoms with E-state index < -0.39 is 6.03 Å². The van der Waals surface area contributed by atoms with Crippen LogP contribution in [0.1, 0.15) is 22.5 Å². The molecule has 6 rings (SSSR count). The van der Waals surface area contributed by atoms with Crippen molar-refractivity contribution >= 4 is 56.6 Å². The van der Waals surface area contributed by atoms with Crippen LogP contribution in [-0.2, 0) is 4.79 Å². The highest BCUT2D eigenvalue weighted by Gasteiger charge is 2.34. The van der Waals surface area contributed by atoms with E-state index >= 15 is 0 Å². The van der Waals surface area contributed by atoms with Crippen molar-refractivity contribution < 1.29 is 14.4 Å². The average molecular weight is 526 g/mol. The fourth-order valence-corrected chi connectivity index (χ4v) is 5.92. The van der Waals surface area contributed by atoms with E-state index in [-0.39, 0.29) is 17.9 Å². The molecule has 190 valence electrons. The molecule has 0 spiro atoms. The fourth-order valence-electron chi connectivity index (χ4n) is 4.90. The molecule has 0 bridgehead atoms. The maximum absolute atomic E-state index is 13.4. The van der Waals surface area contributed by atoms with E-state index in [1.807, 2.05) is 30.3 Å². The zero-order valence-electron chi connectivity index (χ0n) is 20.3. The number of pyridine rings is 1. The summed E-state index contributed by atoms with van der Waals surface area (Å²) < 4.78 is 0. The fraction of sp³-hybridized carbons (Fsp3) is 0.185. The molecule has 4 amide bonds. The molecule has 1 fully saturated rings. The number of carbonyl (C=O) groups is 3. The second-order valence-electron chi connectivity index (χ2n) is 9.05. The maximum Gasteiger partial charge on any atom is 0.332 e. The summed E-state index contributed by atoms with van der Waals surface area (Å²) in [5.41, 5.74) is 2.77. The van der Waals surface area contributed by atoms with Gasteiger partial charge in [0.1, 0.15) is 9.71 Å². The Labute approximate surface area is 222 Å². The van der Waals surface area contributed by atoms with E-state index in [1.165, 1.54) is 22.3 Å². The molecule has 0 aliphatic carbocycles. The lowest BCUT2D eigenvalue weighted by Crippen LogP contribution is -2.49. The van der Waals surface area contributed by atoms with Gasteiger partial charge in [0.05, 0.1) is 23.0 Å². The largest absolute Gasteiger partial charge is 0.347 e. The van der Waals surface area contributed by atoms with Crippen LogP contribution in [0.3, 0.4) is 0 Å². The van der Waals surface area contributed by atoms with Crippen LogP contribution in [-0.4, -0.2) is 57.1 Å². The van der Waals surface area contributed by atoms with Gasteiger partial charge in [0.2, 0.25) is 5.91 Å². The van der Waals surface area contributed by atoms with Gasteiger partial charge in [-0.15, -0.1) is 16.4 Å². The number of piperidine rings is 1. The highest BCUT2D eigenvalue weighted by Crippen LogP contribution is 2.45. The summed E-state index contributed by atoms with van der Waals surface area (Å²) in [5, 5.41) is 14.9. The first-order valence-corrected chi connectivity index (χ1v) is 13.0. The third-order valence-corrected chi connectivity index (χ3v) is 7.77. The second kappa shape index (κ2) is 9.67. The maximum atomic E-state index is 13.4. The number of hydrogen-bond donors (Lipinski definition) is 2. The number of benzene rings is 1. The minimum Gasteiger partial charge on any atom is -0.347 e. The normalized spacial score (nSPS) is 16.7. The van der Waals surface area contributed by atoms with Crippen LogP contribution >= 0.6 is 11.3 Å². The van der Waals surface area contributed by atoms with Gasteiger partial charge in [-0.25, -0.2) is 14.7 Å². The van der Waals surface area contributed by atoms with Gasteiger partial charge in [0.15, 0.2) is 5.82 Å². The molecule has 3 aromatic heterocycles. The standard InChI is InChI=1S/C27H23N7O3S/c1-2-21(35)33-12-6-9-18(15-33)30-25(36)24-23-22-19(10-11-28-26(22)38-24)34(27(37)31-23)20-13-17(14-29-32-20)16-7-4-3-5-8-16/h2-5,7-8,10-11,13-14,18H,1,6,9,12,15H2,(H,30,36)(H,31,37)/t18-/m1/s1. The van der Waals surface area contributed by atoms with Crippen LogP contribution in [0.5, 0.6) is 0 Å². The monoisotopic (exact) mass is 525 g/mol. The summed E-state index contributed by atoms with van der Waals surface area (Å²) in [4.78, 5) is 47.4. The predicted molar refractivity (Wildman–Crippen MR) is 146 cm³/mol. The Morgan fingerprint density at radius 3 is 2.84 bits per heavy atom. The van der Waals surface area contributed by atoms with Crippen LogP contribution < -0.4 is 15.5 Å². The molecule has 11 heteroatoms. The molecule has 1 atom stereocenters. The van der Waals surface area contributed by atoms with Crippen molar-refractivity contribution in [1.29, 1.82) is 0 Å². The van der Waals surface area contributed by atoms with E-state index in [9.17, 15) is 14.4 Å². The molecule has 0 radical (unpaired) electrons. The number of urea groups is 1. The van der Waals surface area contributed by atoms with E-state index in [4.69, 9.17) is 0 Å². The molecular weight excluding hydrogens is 502 g/mol. The summed E-state index contributed by atoms with van der Waals surface area (Å²) in [6, 6.07) is 12.6. The van der Waals surface area contributed by atoms with E-state index in [1.54, 1.807) is 29.4 Å². The lowest BCUT2D eigenvalue weighted by Gasteiger charge is -2.32. The number of aromatic nitrogens is 3. The molecule has 1 saturated heterocycles. The molecular formula is C27H23N7O3S. The third kappa shape index (κ3) is 4.16. The van der Waals surface area contributed by atoms with E-state index in [0.29, 0.717) is 45.4 Å². The Kier molecular flexibility index (Phi) is 6.04. The van der Waals surface area contributed by atoms with E-state index in [2.05, 4.69) is 32.4 Å². The van der Waals surface area contributed by atoms with Gasteiger partial charge < -0.3 is 15.5 Å². The number of anilines is 3. The molecule has 5 heterocycles. The Bertz CT molecular complexity index is 1590. The van der Waals surface area contributed by atoms with Gasteiger partial charge in [-0.2, -0.15) is 5.10 Å². The van der Waals surface area contributed by atoms with Crippen LogP contribution in [0.2, 0.25) is 0 Å². The number of likely N-dealkylation sites (tertiary alicyclic amines) is 1. The minimum absolute atomic E-state index is 0.151. The number of rotatable bonds is 5. The van der Waals surface area contributed by atoms with Crippen molar-refractivity contribution in [3.63, 3.8) is 0 Å². The van der Waals surface area contributed by atoms with Crippen LogP contribution in [0.25, 0.3) is 21.3 Å². The van der Waals surface area contributed by atoms with Gasteiger partial charge in [0, 0.05) is 30.9 Å². The number of nitrogens with one attached hydrogen (secondary N) is 2. The number of carbonyl (C=O) groups excluding carboxylic acids is 3. The summed E-state index contributed by atoms with van der Waals surface area (Å²) in [5.74, 6) is -0.110. The zero-order valence-corrected chi connectivity index (χ0v) is 21.1. The van der Waals surface area contributed by atoms with Crippen LogP contribution in [0, 0.1) is 0 Å². The molecule has 38 heavy (non-hydrogen) atoms. The number of amides is 4. The smallest absolute Gasteiger partial charge is 0.332 e. The van der Waals surface area contributed by atoms with Crippen molar-refractivity contribution in [2.45, 2.75) is 18.9 Å². The van der Waals surface area contributed by atoms with Gasteiger partial charge in [-0.3, -0.25) is 9.59 Å². The molecule has 10 nitrogen and oxygen atoms in total. The van der Waals surface area contributed by atoms with Crippen LogP contribution in [0.15, 0.2) is 67.5 Å². The summed E-state index contributed by atoms with van der Waals surface area (Å²) in [6.45, 7) is 4.60. The second-order valence-corrected chi connectivity index (χ2v) is 10.1. The number of hydrogen-bond acceptors (Lipinski definition) is 7. The molecule has 2 N–H and O–H groups in total. The first kappa shape index (κ1) is 23.7. The van der Waals surface area contributed by atoms with Crippen molar-refractivity contribution in [2.75, 3.05) is 23.3 Å². The Morgan fingerprint density at radius 1 is 1.18 bits per heavy atom. The van der Waals surface area contributed by atoms with Gasteiger partial charge in [0.25, 0.3) is 5.91 Å². The van der Waals surface area contributed by atoms with Gasteiger partial charge in [-0.1, -0.05) is 36.9 Å². The van der Waals surface area contributed by atoms with E-state index in [0.717, 1.165) is 24.0 Å². The minimum atomic E-state index is -0.447. The SMILES string of the molecule is C=CC(=O)N1CCC[C@@H](NC(=O)c2sc3nccc4c3c2NC(=O)N4c2cc(-c3ccccc3)cnn2)C1. The summed E-state index contributed by atoms with van der Waals surface area (Å²) in [6.07, 6.45) is 6.09. The quantitative estimate of drug-likeness (QED) is 0.374. The summed E-state index contributed by atoms with van der Waals surface area (Å²) >= 11 is 1.21. The van der Waals surface area contributed by atoms with Crippen molar-refractivity contribution in [1.82, 2.24) is 25.4 Å². The van der Waals surface area contributed by atoms with Crippen molar-refractivity contribution in [3.05, 3.63) is 72.4 Å². The first-order valence-electron chi connectivity index (χ1n) is 12.2. The molecule has 0 saturated carbocycles. The van der Waals surface area contributed by atoms with Crippen molar-refractivity contribution in [2.24, 2.45) is 0 Å². The Morgan fingerprint density at radius 2 is 2.03 bits per heavy atom. The molecule has 4 aromatic rings. The molecule has 2 aliphatic heterocycles. The molecule has 0 unspecified atom stereocenters. The molecule has 2 aliphatic rings. The van der Waals surface area contributed by atoms with Crippen molar-refractivity contribution in [3.8, 4) is 11.1 Å². The topological polar surface area (TPSA) is 120 Å². The Hall–Kier alpha value is -4.64. The average Bonchev–Trinajstić information content (AvgIpc) is 3.33. The Balaban J connectivity index is 1.33. The third-order valence-electron chi connectivity index (χ3n) is 6.67. The number of nitrogens with zero attached hydrogens (tertiary/aromatic N) is 5.